The molecule has 0 spiro atoms. The molecular weight excluding hydrogens is 353 g/mol. The SMILES string of the molecule is COC(=O)Nc1ccc(-c2c[nH]c(C(Cc3ccccc3)C(=O)O)n2)cc1.[LiH]. The van der Waals surface area contributed by atoms with Gasteiger partial charge in [0.2, 0.25) is 0 Å². The molecule has 1 aromatic heterocycles. The molecule has 3 rings (SSSR count). The van der Waals surface area contributed by atoms with E-state index in [-0.39, 0.29) is 18.9 Å². The Morgan fingerprint density at radius 2 is 1.82 bits per heavy atom. The first-order valence-electron chi connectivity index (χ1n) is 8.34. The van der Waals surface area contributed by atoms with Crippen molar-refractivity contribution in [2.75, 3.05) is 12.4 Å². The van der Waals surface area contributed by atoms with E-state index in [0.29, 0.717) is 23.6 Å². The van der Waals surface area contributed by atoms with Crippen LogP contribution in [0.1, 0.15) is 17.3 Å². The van der Waals surface area contributed by atoms with Crippen molar-refractivity contribution in [1.82, 2.24) is 9.97 Å². The first-order valence-corrected chi connectivity index (χ1v) is 8.34. The first-order chi connectivity index (χ1) is 13.1. The fourth-order valence-electron chi connectivity index (χ4n) is 2.71. The molecule has 0 fully saturated rings. The Kier molecular flexibility index (Phi) is 7.44. The molecule has 7 nitrogen and oxygen atoms in total. The predicted molar refractivity (Wildman–Crippen MR) is 108 cm³/mol. The van der Waals surface area contributed by atoms with Gasteiger partial charge in [0.15, 0.2) is 0 Å². The fourth-order valence-corrected chi connectivity index (χ4v) is 2.71. The average molecular weight is 373 g/mol. The number of imidazole rings is 1. The number of amides is 1. The van der Waals surface area contributed by atoms with Crippen molar-refractivity contribution in [2.45, 2.75) is 12.3 Å². The number of aromatic nitrogens is 2. The van der Waals surface area contributed by atoms with E-state index in [1.807, 2.05) is 30.3 Å². The van der Waals surface area contributed by atoms with E-state index in [9.17, 15) is 14.7 Å². The van der Waals surface area contributed by atoms with Crippen LogP contribution in [0, 0.1) is 0 Å². The van der Waals surface area contributed by atoms with Gasteiger partial charge in [0, 0.05) is 17.4 Å². The van der Waals surface area contributed by atoms with Crippen LogP contribution < -0.4 is 5.32 Å². The number of aliphatic carboxylic acids is 1. The second kappa shape index (κ2) is 9.79. The molecule has 0 saturated carbocycles. The third-order valence-electron chi connectivity index (χ3n) is 4.12. The summed E-state index contributed by atoms with van der Waals surface area (Å²) in [6.07, 6.45) is 1.49. The number of aromatic amines is 1. The summed E-state index contributed by atoms with van der Waals surface area (Å²) in [5.74, 6) is -1.29. The molecule has 2 aromatic carbocycles. The van der Waals surface area contributed by atoms with Crippen molar-refractivity contribution in [3.8, 4) is 11.3 Å². The van der Waals surface area contributed by atoms with Crippen molar-refractivity contribution in [2.24, 2.45) is 0 Å². The summed E-state index contributed by atoms with van der Waals surface area (Å²) in [5, 5.41) is 12.2. The Balaban J connectivity index is 0.00000280. The monoisotopic (exact) mass is 373 g/mol. The number of H-pyrrole nitrogens is 1. The standard InChI is InChI=1S/C20H19N3O4.Li.H/c1-27-20(26)22-15-9-7-14(8-10-15)17-12-21-18(23-17)16(19(24)25)11-13-5-3-2-4-6-13;;/h2-10,12,16H,11H2,1H3,(H,21,23)(H,22,26)(H,24,25);;. The van der Waals surface area contributed by atoms with Crippen LogP contribution in [-0.2, 0) is 16.0 Å². The maximum absolute atomic E-state index is 11.7. The van der Waals surface area contributed by atoms with E-state index in [4.69, 9.17) is 0 Å². The molecule has 0 radical (unpaired) electrons. The second-order valence-corrected chi connectivity index (χ2v) is 5.95. The van der Waals surface area contributed by atoms with Gasteiger partial charge in [0.25, 0.3) is 0 Å². The number of benzene rings is 2. The third kappa shape index (κ3) is 5.25. The van der Waals surface area contributed by atoms with Crippen LogP contribution in [0.15, 0.2) is 60.8 Å². The van der Waals surface area contributed by atoms with Gasteiger partial charge in [-0.1, -0.05) is 42.5 Å². The predicted octanol–water partition coefficient (Wildman–Crippen LogP) is 3.02. The molecule has 1 atom stereocenters. The van der Waals surface area contributed by atoms with Gasteiger partial charge in [-0.05, 0) is 24.1 Å². The summed E-state index contributed by atoms with van der Waals surface area (Å²) < 4.78 is 4.55. The summed E-state index contributed by atoms with van der Waals surface area (Å²) >= 11 is 0. The molecule has 0 bridgehead atoms. The minimum absolute atomic E-state index is 0. The molecule has 1 heterocycles. The Hall–Kier alpha value is -3.01. The fraction of sp³-hybridized carbons (Fsp3) is 0.150. The summed E-state index contributed by atoms with van der Waals surface area (Å²) in [7, 11) is 1.29. The number of hydrogen-bond donors (Lipinski definition) is 3. The average Bonchev–Trinajstić information content (AvgIpc) is 3.17. The Bertz CT molecular complexity index is 926. The summed E-state index contributed by atoms with van der Waals surface area (Å²) in [5.41, 5.74) is 2.96. The summed E-state index contributed by atoms with van der Waals surface area (Å²) in [6.45, 7) is 0. The molecule has 3 N–H and O–H groups in total. The van der Waals surface area contributed by atoms with E-state index < -0.39 is 18.0 Å². The van der Waals surface area contributed by atoms with Gasteiger partial charge in [-0.2, -0.15) is 0 Å². The molecule has 8 heteroatoms. The Morgan fingerprint density at radius 1 is 1.14 bits per heavy atom. The zero-order valence-electron chi connectivity index (χ0n) is 14.7. The maximum atomic E-state index is 11.7. The number of carboxylic acid groups (broad SMARTS) is 1. The molecule has 1 unspecified atom stereocenters. The molecule has 0 aliphatic carbocycles. The van der Waals surface area contributed by atoms with Gasteiger partial charge < -0.3 is 14.8 Å². The summed E-state index contributed by atoms with van der Waals surface area (Å²) in [6, 6.07) is 16.5. The molecule has 3 aromatic rings. The van der Waals surface area contributed by atoms with Crippen LogP contribution in [0.5, 0.6) is 0 Å². The molecule has 0 saturated heterocycles. The molecule has 0 aliphatic heterocycles. The van der Waals surface area contributed by atoms with E-state index >= 15 is 0 Å². The second-order valence-electron chi connectivity index (χ2n) is 5.95. The number of hydrogen-bond acceptors (Lipinski definition) is 4. The summed E-state index contributed by atoms with van der Waals surface area (Å²) in [4.78, 5) is 30.4. The molecule has 1 amide bonds. The Morgan fingerprint density at radius 3 is 2.43 bits per heavy atom. The normalized spacial score (nSPS) is 11.2. The van der Waals surface area contributed by atoms with Gasteiger partial charge in [0.1, 0.15) is 11.7 Å². The number of nitrogens with one attached hydrogen (secondary N) is 2. The van der Waals surface area contributed by atoms with Gasteiger partial charge in [-0.25, -0.2) is 9.78 Å². The molecule has 140 valence electrons. The van der Waals surface area contributed by atoms with Crippen molar-refractivity contribution in [1.29, 1.82) is 0 Å². The first kappa shape index (κ1) is 21.3. The van der Waals surface area contributed by atoms with Crippen molar-refractivity contribution in [3.63, 3.8) is 0 Å². The van der Waals surface area contributed by atoms with E-state index in [1.165, 1.54) is 7.11 Å². The van der Waals surface area contributed by atoms with Crippen LogP contribution >= 0.6 is 0 Å². The topological polar surface area (TPSA) is 104 Å². The number of ether oxygens (including phenoxy) is 1. The third-order valence-corrected chi connectivity index (χ3v) is 4.12. The quantitative estimate of drug-likeness (QED) is 0.576. The molecule has 0 aliphatic rings. The van der Waals surface area contributed by atoms with Crippen LogP contribution in [0.3, 0.4) is 0 Å². The van der Waals surface area contributed by atoms with E-state index in [2.05, 4.69) is 20.0 Å². The van der Waals surface area contributed by atoms with E-state index in [0.717, 1.165) is 11.1 Å². The number of carboxylic acids is 1. The number of anilines is 1. The van der Waals surface area contributed by atoms with Crippen molar-refractivity contribution < 1.29 is 19.4 Å². The van der Waals surface area contributed by atoms with E-state index in [1.54, 1.807) is 30.5 Å². The van der Waals surface area contributed by atoms with Crippen LogP contribution in [0.25, 0.3) is 11.3 Å². The molecular formula is C20H20LiN3O4. The van der Waals surface area contributed by atoms with Gasteiger partial charge in [-0.15, -0.1) is 0 Å². The zero-order chi connectivity index (χ0) is 19.2. The van der Waals surface area contributed by atoms with Crippen LogP contribution in [0.4, 0.5) is 10.5 Å². The van der Waals surface area contributed by atoms with Crippen molar-refractivity contribution >= 4 is 36.6 Å². The van der Waals surface area contributed by atoms with Gasteiger partial charge >= 0.3 is 30.9 Å². The minimum atomic E-state index is -0.933. The Labute approximate surface area is 174 Å². The number of carbonyl (C=O) groups excluding carboxylic acids is 1. The number of carbonyl (C=O) groups is 2. The number of rotatable bonds is 6. The van der Waals surface area contributed by atoms with Gasteiger partial charge in [0.05, 0.1) is 12.8 Å². The number of methoxy groups -OCH3 is 1. The van der Waals surface area contributed by atoms with Gasteiger partial charge in [-0.3, -0.25) is 10.1 Å². The van der Waals surface area contributed by atoms with Crippen LogP contribution in [-0.4, -0.2) is 53.1 Å². The van der Waals surface area contributed by atoms with Crippen LogP contribution in [0.2, 0.25) is 0 Å². The van der Waals surface area contributed by atoms with Crippen molar-refractivity contribution in [3.05, 3.63) is 72.2 Å². The molecule has 28 heavy (non-hydrogen) atoms. The zero-order valence-corrected chi connectivity index (χ0v) is 14.7. The number of nitrogens with zero attached hydrogens (tertiary/aromatic N) is 1.